The third-order valence-corrected chi connectivity index (χ3v) is 6.57. The van der Waals surface area contributed by atoms with Crippen LogP contribution in [0.2, 0.25) is 0 Å². The van der Waals surface area contributed by atoms with Crippen LogP contribution in [0.25, 0.3) is 22.2 Å². The predicted molar refractivity (Wildman–Crippen MR) is 132 cm³/mol. The summed E-state index contributed by atoms with van der Waals surface area (Å²) in [5, 5.41) is 3.93. The third kappa shape index (κ3) is 4.55. The van der Waals surface area contributed by atoms with Crippen LogP contribution in [0, 0.1) is 6.92 Å². The van der Waals surface area contributed by atoms with Crippen LogP contribution < -0.4 is 10.0 Å². The smallest absolute Gasteiger partial charge is 0.263 e. The van der Waals surface area contributed by atoms with Gasteiger partial charge in [0.2, 0.25) is 5.95 Å². The van der Waals surface area contributed by atoms with Gasteiger partial charge in [-0.25, -0.2) is 18.4 Å². The third-order valence-electron chi connectivity index (χ3n) is 5.22. The number of rotatable bonds is 6. The van der Waals surface area contributed by atoms with E-state index in [2.05, 4.69) is 30.0 Å². The van der Waals surface area contributed by atoms with E-state index in [0.717, 1.165) is 27.7 Å². The lowest BCUT2D eigenvalue weighted by atomic mass is 10.2. The number of benzene rings is 2. The number of fused-ring (bicyclic) bond motifs is 1. The molecule has 0 saturated heterocycles. The number of sulfonamides is 1. The van der Waals surface area contributed by atoms with Crippen molar-refractivity contribution in [3.05, 3.63) is 97.1 Å². The number of hydrogen-bond donors (Lipinski definition) is 2. The number of para-hydroxylation sites is 1. The second-order valence-corrected chi connectivity index (χ2v) is 9.31. The molecule has 0 amide bonds. The van der Waals surface area contributed by atoms with Gasteiger partial charge in [-0.15, -0.1) is 0 Å². The van der Waals surface area contributed by atoms with Crippen LogP contribution in [0.1, 0.15) is 5.56 Å². The molecule has 0 fully saturated rings. The van der Waals surface area contributed by atoms with Gasteiger partial charge in [-0.1, -0.05) is 24.3 Å². The van der Waals surface area contributed by atoms with Crippen molar-refractivity contribution in [2.45, 2.75) is 11.8 Å². The van der Waals surface area contributed by atoms with Gasteiger partial charge in [0.1, 0.15) is 4.90 Å². The summed E-state index contributed by atoms with van der Waals surface area (Å²) in [7, 11) is -3.83. The second-order valence-electron chi connectivity index (χ2n) is 7.63. The highest BCUT2D eigenvalue weighted by atomic mass is 32.2. The Morgan fingerprint density at radius 1 is 0.853 bits per heavy atom. The lowest BCUT2D eigenvalue weighted by Crippen LogP contribution is -2.13. The average Bonchev–Trinajstić information content (AvgIpc) is 2.86. The normalized spacial score (nSPS) is 11.3. The van der Waals surface area contributed by atoms with Crippen LogP contribution in [0.4, 0.5) is 17.3 Å². The first-order chi connectivity index (χ1) is 16.5. The zero-order valence-corrected chi connectivity index (χ0v) is 19.0. The summed E-state index contributed by atoms with van der Waals surface area (Å²) in [6.45, 7) is 1.92. The first-order valence-corrected chi connectivity index (χ1v) is 11.9. The van der Waals surface area contributed by atoms with Crippen molar-refractivity contribution in [2.24, 2.45) is 0 Å². The SMILES string of the molecule is Cc1ccc(NS(=O)(=O)c2cnc3ccccc3c2)cc1Nc1nccc(-c2cccnc2)n1. The van der Waals surface area contributed by atoms with Gasteiger partial charge in [-0.2, -0.15) is 0 Å². The van der Waals surface area contributed by atoms with Crippen molar-refractivity contribution in [2.75, 3.05) is 10.0 Å². The molecule has 3 aromatic heterocycles. The molecule has 0 atom stereocenters. The molecule has 9 heteroatoms. The van der Waals surface area contributed by atoms with Gasteiger partial charge in [0.05, 0.1) is 16.9 Å². The molecule has 5 rings (SSSR count). The van der Waals surface area contributed by atoms with E-state index >= 15 is 0 Å². The lowest BCUT2D eigenvalue weighted by molar-refractivity contribution is 0.601. The van der Waals surface area contributed by atoms with Crippen molar-refractivity contribution >= 4 is 38.2 Å². The quantitative estimate of drug-likeness (QED) is 0.363. The maximum Gasteiger partial charge on any atom is 0.263 e. The Hall–Kier alpha value is -4.37. The fraction of sp³-hybridized carbons (Fsp3) is 0.0400. The van der Waals surface area contributed by atoms with E-state index in [9.17, 15) is 8.42 Å². The molecule has 0 unspecified atom stereocenters. The van der Waals surface area contributed by atoms with E-state index in [1.54, 1.807) is 42.9 Å². The number of pyridine rings is 2. The van der Waals surface area contributed by atoms with Gasteiger partial charge in [-0.05, 0) is 55.0 Å². The highest BCUT2D eigenvalue weighted by Gasteiger charge is 2.16. The number of nitrogens with zero attached hydrogens (tertiary/aromatic N) is 4. The van der Waals surface area contributed by atoms with Gasteiger partial charge < -0.3 is 5.32 Å². The van der Waals surface area contributed by atoms with E-state index < -0.39 is 10.0 Å². The highest BCUT2D eigenvalue weighted by Crippen LogP contribution is 2.26. The van der Waals surface area contributed by atoms with E-state index in [1.165, 1.54) is 6.20 Å². The molecule has 168 valence electrons. The largest absolute Gasteiger partial charge is 0.324 e. The van der Waals surface area contributed by atoms with Crippen molar-refractivity contribution < 1.29 is 8.42 Å². The molecule has 0 saturated carbocycles. The van der Waals surface area contributed by atoms with Gasteiger partial charge in [0.15, 0.2) is 0 Å². The molecule has 0 radical (unpaired) electrons. The Morgan fingerprint density at radius 3 is 2.59 bits per heavy atom. The lowest BCUT2D eigenvalue weighted by Gasteiger charge is -2.13. The molecule has 3 heterocycles. The molecule has 0 bridgehead atoms. The fourth-order valence-corrected chi connectivity index (χ4v) is 4.48. The monoisotopic (exact) mass is 468 g/mol. The minimum atomic E-state index is -3.83. The molecular formula is C25H20N6O2S. The molecular weight excluding hydrogens is 448 g/mol. The summed E-state index contributed by atoms with van der Waals surface area (Å²) >= 11 is 0. The summed E-state index contributed by atoms with van der Waals surface area (Å²) in [6, 6.07) is 19.8. The van der Waals surface area contributed by atoms with Crippen LogP contribution in [-0.4, -0.2) is 28.4 Å². The second kappa shape index (κ2) is 8.87. The van der Waals surface area contributed by atoms with Crippen molar-refractivity contribution in [1.29, 1.82) is 0 Å². The Morgan fingerprint density at radius 2 is 1.74 bits per heavy atom. The van der Waals surface area contributed by atoms with Gasteiger partial charge in [0.25, 0.3) is 10.0 Å². The number of hydrogen-bond acceptors (Lipinski definition) is 7. The van der Waals surface area contributed by atoms with Crippen LogP contribution in [0.3, 0.4) is 0 Å². The standard InChI is InChI=1S/C25H20N6O2S/c1-17-8-9-20(31-34(32,33)21-13-18-5-2-3-7-22(18)28-16-21)14-24(17)30-25-27-12-10-23(29-25)19-6-4-11-26-15-19/h2-16,31H,1H3,(H,27,29,30). The van der Waals surface area contributed by atoms with E-state index in [0.29, 0.717) is 17.3 Å². The summed E-state index contributed by atoms with van der Waals surface area (Å²) in [5.41, 5.74) is 4.33. The number of anilines is 3. The van der Waals surface area contributed by atoms with E-state index in [1.807, 2.05) is 49.4 Å². The van der Waals surface area contributed by atoms with E-state index in [-0.39, 0.29) is 4.90 Å². The summed E-state index contributed by atoms with van der Waals surface area (Å²) in [5.74, 6) is 0.392. The van der Waals surface area contributed by atoms with Gasteiger partial charge in [-0.3, -0.25) is 14.7 Å². The van der Waals surface area contributed by atoms with Gasteiger partial charge in [0, 0.05) is 41.4 Å². The zero-order chi connectivity index (χ0) is 23.5. The Kier molecular flexibility index (Phi) is 5.60. The van der Waals surface area contributed by atoms with Crippen LogP contribution in [0.15, 0.2) is 96.4 Å². The summed E-state index contributed by atoms with van der Waals surface area (Å²) < 4.78 is 28.6. The zero-order valence-electron chi connectivity index (χ0n) is 18.2. The van der Waals surface area contributed by atoms with Crippen molar-refractivity contribution in [1.82, 2.24) is 19.9 Å². The van der Waals surface area contributed by atoms with Crippen LogP contribution >= 0.6 is 0 Å². The van der Waals surface area contributed by atoms with Crippen molar-refractivity contribution in [3.8, 4) is 11.3 Å². The molecule has 2 N–H and O–H groups in total. The Balaban J connectivity index is 1.40. The fourth-order valence-electron chi connectivity index (χ4n) is 3.45. The Labute approximate surface area is 196 Å². The van der Waals surface area contributed by atoms with Crippen molar-refractivity contribution in [3.63, 3.8) is 0 Å². The molecule has 34 heavy (non-hydrogen) atoms. The van der Waals surface area contributed by atoms with Crippen LogP contribution in [0.5, 0.6) is 0 Å². The summed E-state index contributed by atoms with van der Waals surface area (Å²) in [4.78, 5) is 17.3. The molecule has 0 aliphatic heterocycles. The number of aryl methyl sites for hydroxylation is 1. The molecule has 2 aromatic carbocycles. The maximum atomic E-state index is 13.0. The first kappa shape index (κ1) is 21.5. The summed E-state index contributed by atoms with van der Waals surface area (Å²) in [6.07, 6.45) is 6.45. The molecule has 0 spiro atoms. The average molecular weight is 469 g/mol. The maximum absolute atomic E-state index is 13.0. The number of aromatic nitrogens is 4. The molecule has 0 aliphatic rings. The minimum absolute atomic E-state index is 0.0915. The first-order valence-electron chi connectivity index (χ1n) is 10.5. The van der Waals surface area contributed by atoms with Gasteiger partial charge >= 0.3 is 0 Å². The van der Waals surface area contributed by atoms with E-state index in [4.69, 9.17) is 0 Å². The molecule has 5 aromatic rings. The molecule has 0 aliphatic carbocycles. The predicted octanol–water partition coefficient (Wildman–Crippen LogP) is 4.94. The minimum Gasteiger partial charge on any atom is -0.324 e. The Bertz CT molecular complexity index is 1590. The number of nitrogens with one attached hydrogen (secondary N) is 2. The topological polar surface area (TPSA) is 110 Å². The van der Waals surface area contributed by atoms with Crippen LogP contribution in [-0.2, 0) is 10.0 Å². The highest BCUT2D eigenvalue weighted by molar-refractivity contribution is 7.92. The molecule has 8 nitrogen and oxygen atoms in total.